The SMILES string of the molecule is c1ccc2c(c1)-c1cc(-c3ccc4[nH]c5ccccc5c4c3)ccc1C21C2CC3CC4CC1C2(C3)C4. The minimum Gasteiger partial charge on any atom is -0.355 e. The molecular formula is C35H29N. The van der Waals surface area contributed by atoms with Gasteiger partial charge in [0.1, 0.15) is 0 Å². The van der Waals surface area contributed by atoms with Crippen LogP contribution >= 0.6 is 0 Å². The number of nitrogens with one attached hydrogen (secondary N) is 1. The predicted octanol–water partition coefficient (Wildman–Crippen LogP) is 8.71. The van der Waals surface area contributed by atoms with Gasteiger partial charge in [-0.05, 0) is 119 Å². The average Bonchev–Trinajstić information content (AvgIpc) is 3.58. The Morgan fingerprint density at radius 2 is 1.28 bits per heavy atom. The fourth-order valence-corrected chi connectivity index (χ4v) is 10.8. The van der Waals surface area contributed by atoms with E-state index in [4.69, 9.17) is 0 Å². The second-order valence-corrected chi connectivity index (χ2v) is 12.8. The number of aromatic amines is 1. The van der Waals surface area contributed by atoms with Crippen LogP contribution in [0.1, 0.15) is 43.2 Å². The lowest BCUT2D eigenvalue weighted by Crippen LogP contribution is -2.62. The van der Waals surface area contributed by atoms with Gasteiger partial charge in [0.2, 0.25) is 0 Å². The number of rotatable bonds is 1. The molecule has 1 heteroatoms. The minimum absolute atomic E-state index is 0.287. The molecule has 10 rings (SSSR count). The first kappa shape index (κ1) is 18.9. The zero-order valence-electron chi connectivity index (χ0n) is 20.4. The summed E-state index contributed by atoms with van der Waals surface area (Å²) in [6, 6.07) is 32.6. The Hall–Kier alpha value is -3.32. The largest absolute Gasteiger partial charge is 0.355 e. The summed E-state index contributed by atoms with van der Waals surface area (Å²) in [6.07, 6.45) is 7.52. The second kappa shape index (κ2) is 5.97. The molecule has 1 heterocycles. The van der Waals surface area contributed by atoms with Crippen LogP contribution in [0.25, 0.3) is 44.1 Å². The Morgan fingerprint density at radius 1 is 0.583 bits per heavy atom. The summed E-state index contributed by atoms with van der Waals surface area (Å²) in [6.45, 7) is 0. The van der Waals surface area contributed by atoms with Crippen LogP contribution in [0.3, 0.4) is 0 Å². The summed E-state index contributed by atoms with van der Waals surface area (Å²) < 4.78 is 0. The smallest absolute Gasteiger partial charge is 0.0465 e. The number of H-pyrrole nitrogens is 1. The summed E-state index contributed by atoms with van der Waals surface area (Å²) in [5.74, 6) is 3.72. The predicted molar refractivity (Wildman–Crippen MR) is 147 cm³/mol. The maximum Gasteiger partial charge on any atom is 0.0465 e. The molecule has 0 radical (unpaired) electrons. The topological polar surface area (TPSA) is 15.8 Å². The molecule has 5 aliphatic carbocycles. The Balaban J connectivity index is 1.18. The monoisotopic (exact) mass is 463 g/mol. The highest BCUT2D eigenvalue weighted by Gasteiger charge is 2.79. The van der Waals surface area contributed by atoms with Crippen molar-refractivity contribution in [3.63, 3.8) is 0 Å². The first-order valence-corrected chi connectivity index (χ1v) is 14.0. The zero-order chi connectivity index (χ0) is 23.2. The third-order valence-electron chi connectivity index (χ3n) is 11.6. The maximum atomic E-state index is 3.59. The molecule has 0 aliphatic heterocycles. The molecule has 1 aromatic heterocycles. The van der Waals surface area contributed by atoms with Gasteiger partial charge in [0, 0.05) is 27.2 Å². The van der Waals surface area contributed by atoms with E-state index in [1.165, 1.54) is 76.2 Å². The van der Waals surface area contributed by atoms with Crippen LogP contribution in [0.4, 0.5) is 0 Å². The van der Waals surface area contributed by atoms with Gasteiger partial charge in [0.15, 0.2) is 0 Å². The Bertz CT molecular complexity index is 1740. The van der Waals surface area contributed by atoms with Gasteiger partial charge in [0.25, 0.3) is 0 Å². The third-order valence-corrected chi connectivity index (χ3v) is 11.6. The Morgan fingerprint density at radius 3 is 2.17 bits per heavy atom. The fraction of sp³-hybridized carbons (Fsp3) is 0.314. The second-order valence-electron chi connectivity index (χ2n) is 12.8. The number of fused-ring (bicyclic) bond motifs is 12. The van der Waals surface area contributed by atoms with Crippen LogP contribution in [-0.2, 0) is 5.41 Å². The zero-order valence-corrected chi connectivity index (χ0v) is 20.4. The summed E-state index contributed by atoms with van der Waals surface area (Å²) in [7, 11) is 0. The van der Waals surface area contributed by atoms with Crippen molar-refractivity contribution in [1.29, 1.82) is 0 Å². The molecule has 3 bridgehead atoms. The van der Waals surface area contributed by atoms with Crippen LogP contribution in [0.15, 0.2) is 84.9 Å². The molecule has 1 N–H and O–H groups in total. The van der Waals surface area contributed by atoms with E-state index in [1.54, 1.807) is 11.1 Å². The highest BCUT2D eigenvalue weighted by molar-refractivity contribution is 6.08. The van der Waals surface area contributed by atoms with Gasteiger partial charge in [-0.3, -0.25) is 0 Å². The summed E-state index contributed by atoms with van der Waals surface area (Å²) >= 11 is 0. The average molecular weight is 464 g/mol. The number of para-hydroxylation sites is 1. The van der Waals surface area contributed by atoms with Crippen LogP contribution < -0.4 is 0 Å². The van der Waals surface area contributed by atoms with Crippen molar-refractivity contribution in [2.45, 2.75) is 37.5 Å². The molecule has 36 heavy (non-hydrogen) atoms. The maximum absolute atomic E-state index is 3.59. The molecule has 0 saturated heterocycles. The lowest BCUT2D eigenvalue weighted by molar-refractivity contribution is -0.0820. The van der Waals surface area contributed by atoms with Crippen LogP contribution in [0.2, 0.25) is 0 Å². The van der Waals surface area contributed by atoms with E-state index in [1.807, 2.05) is 0 Å². The van der Waals surface area contributed by atoms with Crippen molar-refractivity contribution in [1.82, 2.24) is 4.98 Å². The van der Waals surface area contributed by atoms with Crippen molar-refractivity contribution in [2.24, 2.45) is 29.1 Å². The molecule has 4 fully saturated rings. The lowest BCUT2D eigenvalue weighted by atomic mass is 9.38. The van der Waals surface area contributed by atoms with Crippen molar-refractivity contribution in [3.05, 3.63) is 96.1 Å². The molecule has 5 aromatic rings. The van der Waals surface area contributed by atoms with E-state index < -0.39 is 0 Å². The molecular weight excluding hydrogens is 434 g/mol. The van der Waals surface area contributed by atoms with E-state index in [9.17, 15) is 0 Å². The molecule has 2 spiro atoms. The van der Waals surface area contributed by atoms with Gasteiger partial charge < -0.3 is 4.98 Å². The highest BCUT2D eigenvalue weighted by atomic mass is 14.8. The summed E-state index contributed by atoms with van der Waals surface area (Å²) in [5.41, 5.74) is 12.4. The van der Waals surface area contributed by atoms with Crippen molar-refractivity contribution in [2.75, 3.05) is 0 Å². The standard InChI is InChI=1S/C35H29N/c1-3-7-28-24(5-1)26-16-22(23-10-12-31-27(17-23)25-6-2-4-8-30(25)36-31)9-11-29(26)35(28)32-14-20-13-21-15-33(35)34(32,18-20)19-21/h1-12,16-17,20-21,32-33,36H,13-15,18-19H2. The van der Waals surface area contributed by atoms with Crippen LogP contribution in [0, 0.1) is 29.1 Å². The minimum atomic E-state index is 0.287. The van der Waals surface area contributed by atoms with Gasteiger partial charge in [-0.2, -0.15) is 0 Å². The van der Waals surface area contributed by atoms with E-state index in [0.717, 1.165) is 23.7 Å². The van der Waals surface area contributed by atoms with Crippen molar-refractivity contribution >= 4 is 21.8 Å². The molecule has 4 aromatic carbocycles. The molecule has 4 saturated carbocycles. The first-order chi connectivity index (χ1) is 17.8. The van der Waals surface area contributed by atoms with Gasteiger partial charge in [0.05, 0.1) is 0 Å². The summed E-state index contributed by atoms with van der Waals surface area (Å²) in [5, 5.41) is 2.63. The first-order valence-electron chi connectivity index (χ1n) is 14.0. The number of hydrogen-bond donors (Lipinski definition) is 1. The highest BCUT2D eigenvalue weighted by Crippen LogP contribution is 2.85. The molecule has 0 amide bonds. The lowest BCUT2D eigenvalue weighted by Gasteiger charge is -2.64. The normalized spacial score (nSPS) is 34.3. The van der Waals surface area contributed by atoms with Gasteiger partial charge in [-0.1, -0.05) is 60.7 Å². The number of aromatic nitrogens is 1. The molecule has 4 atom stereocenters. The molecule has 1 nitrogen and oxygen atoms in total. The van der Waals surface area contributed by atoms with Crippen molar-refractivity contribution in [3.8, 4) is 22.3 Å². The quantitative estimate of drug-likeness (QED) is 0.256. The molecule has 5 aliphatic rings. The van der Waals surface area contributed by atoms with Crippen LogP contribution in [0.5, 0.6) is 0 Å². The third kappa shape index (κ3) is 1.92. The number of hydrogen-bond acceptors (Lipinski definition) is 0. The number of benzene rings is 4. The van der Waals surface area contributed by atoms with Gasteiger partial charge >= 0.3 is 0 Å². The summed E-state index contributed by atoms with van der Waals surface area (Å²) in [4.78, 5) is 3.59. The Kier molecular flexibility index (Phi) is 3.13. The van der Waals surface area contributed by atoms with E-state index >= 15 is 0 Å². The molecule has 174 valence electrons. The van der Waals surface area contributed by atoms with Gasteiger partial charge in [-0.15, -0.1) is 0 Å². The van der Waals surface area contributed by atoms with Crippen molar-refractivity contribution < 1.29 is 0 Å². The Labute approximate surface area is 211 Å². The fourth-order valence-electron chi connectivity index (χ4n) is 10.8. The van der Waals surface area contributed by atoms with E-state index in [0.29, 0.717) is 5.41 Å². The van der Waals surface area contributed by atoms with Gasteiger partial charge in [-0.25, -0.2) is 0 Å². The van der Waals surface area contributed by atoms with E-state index in [2.05, 4.69) is 89.9 Å². The molecule has 4 unspecified atom stereocenters. The van der Waals surface area contributed by atoms with Crippen LogP contribution in [-0.4, -0.2) is 4.98 Å². The van der Waals surface area contributed by atoms with E-state index in [-0.39, 0.29) is 5.41 Å².